The molecule has 4 rings (SSSR count). The van der Waals surface area contributed by atoms with E-state index in [1.165, 1.54) is 4.68 Å². The Kier molecular flexibility index (Phi) is 7.38. The maximum Gasteiger partial charge on any atom is 0.361 e. The molecule has 34 heavy (non-hydrogen) atoms. The van der Waals surface area contributed by atoms with Crippen LogP contribution in [0.5, 0.6) is 5.75 Å². The molecule has 1 unspecified atom stereocenters. The van der Waals surface area contributed by atoms with E-state index in [2.05, 4.69) is 10.3 Å². The van der Waals surface area contributed by atoms with Gasteiger partial charge in [0, 0.05) is 29.1 Å². The van der Waals surface area contributed by atoms with Gasteiger partial charge in [-0.05, 0) is 48.7 Å². The molecule has 2 aromatic carbocycles. The number of aromatic nitrogens is 3. The van der Waals surface area contributed by atoms with Gasteiger partial charge in [-0.2, -0.15) is 0 Å². The number of esters is 1. The zero-order valence-corrected chi connectivity index (χ0v) is 20.3. The molecule has 0 radical (unpaired) electrons. The summed E-state index contributed by atoms with van der Waals surface area (Å²) >= 11 is 12.4. The number of hydrogen-bond acceptors (Lipinski definition) is 6. The Morgan fingerprint density at radius 1 is 1.15 bits per heavy atom. The number of hydrogen-bond donors (Lipinski definition) is 0. The summed E-state index contributed by atoms with van der Waals surface area (Å²) in [4.78, 5) is 27.8. The molecular weight excluding hydrogens is 479 g/mol. The molecular formula is C24H24Cl2N4O4. The van der Waals surface area contributed by atoms with Gasteiger partial charge in [0.1, 0.15) is 5.75 Å². The standard InChI is InChI=1S/C24H24Cl2N4O4/c1-3-34-24(32)21-22(30(28-27-21)13-15-4-7-18(33-2)8-5-15)23(31)29-11-10-16(14-29)19-9-6-17(25)12-20(19)26/h4-9,12,16H,3,10-11,13-14H2,1-2H3. The first kappa shape index (κ1) is 24.0. The molecule has 0 aliphatic carbocycles. The van der Waals surface area contributed by atoms with Crippen molar-refractivity contribution in [2.75, 3.05) is 26.8 Å². The maximum absolute atomic E-state index is 13.6. The molecule has 0 saturated carbocycles. The summed E-state index contributed by atoms with van der Waals surface area (Å²) in [7, 11) is 1.59. The number of ether oxygens (including phenoxy) is 2. The highest BCUT2D eigenvalue weighted by atomic mass is 35.5. The number of amides is 1. The third-order valence-electron chi connectivity index (χ3n) is 5.78. The van der Waals surface area contributed by atoms with Crippen LogP contribution in [0, 0.1) is 0 Å². The fraction of sp³-hybridized carbons (Fsp3) is 0.333. The first-order chi connectivity index (χ1) is 16.4. The normalized spacial score (nSPS) is 15.4. The lowest BCUT2D eigenvalue weighted by Crippen LogP contribution is -2.32. The second-order valence-electron chi connectivity index (χ2n) is 7.92. The minimum absolute atomic E-state index is 0.0608. The van der Waals surface area contributed by atoms with Gasteiger partial charge in [0.25, 0.3) is 5.91 Å². The van der Waals surface area contributed by atoms with E-state index in [0.717, 1.165) is 23.3 Å². The minimum atomic E-state index is -0.677. The van der Waals surface area contributed by atoms with Crippen LogP contribution >= 0.6 is 23.2 Å². The zero-order chi connectivity index (χ0) is 24.2. The quantitative estimate of drug-likeness (QED) is 0.443. The number of nitrogens with zero attached hydrogens (tertiary/aromatic N) is 4. The van der Waals surface area contributed by atoms with Crippen molar-refractivity contribution in [2.24, 2.45) is 0 Å². The van der Waals surface area contributed by atoms with Crippen molar-refractivity contribution in [3.8, 4) is 5.75 Å². The largest absolute Gasteiger partial charge is 0.497 e. The van der Waals surface area contributed by atoms with Gasteiger partial charge in [0.05, 0.1) is 20.3 Å². The lowest BCUT2D eigenvalue weighted by atomic mass is 9.98. The van der Waals surface area contributed by atoms with Crippen molar-refractivity contribution < 1.29 is 19.1 Å². The molecule has 178 valence electrons. The van der Waals surface area contributed by atoms with E-state index in [9.17, 15) is 9.59 Å². The first-order valence-corrected chi connectivity index (χ1v) is 11.6. The fourth-order valence-corrected chi connectivity index (χ4v) is 4.62. The Morgan fingerprint density at radius 2 is 1.91 bits per heavy atom. The first-order valence-electron chi connectivity index (χ1n) is 10.9. The second kappa shape index (κ2) is 10.4. The summed E-state index contributed by atoms with van der Waals surface area (Å²) in [5.41, 5.74) is 1.84. The zero-order valence-electron chi connectivity index (χ0n) is 18.8. The molecule has 1 saturated heterocycles. The Balaban J connectivity index is 1.61. The van der Waals surface area contributed by atoms with Crippen LogP contribution in [0.4, 0.5) is 0 Å². The summed E-state index contributed by atoms with van der Waals surface area (Å²) in [6.07, 6.45) is 0.738. The van der Waals surface area contributed by atoms with Crippen LogP contribution in [-0.4, -0.2) is 58.6 Å². The predicted octanol–water partition coefficient (Wildman–Crippen LogP) is 4.45. The number of likely N-dealkylation sites (tertiary alicyclic amines) is 1. The molecule has 0 N–H and O–H groups in total. The molecule has 0 bridgehead atoms. The minimum Gasteiger partial charge on any atom is -0.497 e. The lowest BCUT2D eigenvalue weighted by molar-refractivity contribution is 0.0512. The number of halogens is 2. The molecule has 10 heteroatoms. The van der Waals surface area contributed by atoms with Crippen molar-refractivity contribution >= 4 is 35.1 Å². The van der Waals surface area contributed by atoms with E-state index >= 15 is 0 Å². The molecule has 8 nitrogen and oxygen atoms in total. The van der Waals surface area contributed by atoms with Gasteiger partial charge in [-0.25, -0.2) is 9.48 Å². The van der Waals surface area contributed by atoms with E-state index in [1.54, 1.807) is 31.1 Å². The highest BCUT2D eigenvalue weighted by molar-refractivity contribution is 6.35. The average molecular weight is 503 g/mol. The lowest BCUT2D eigenvalue weighted by Gasteiger charge is -2.18. The number of carbonyl (C=O) groups is 2. The van der Waals surface area contributed by atoms with Crippen molar-refractivity contribution in [2.45, 2.75) is 25.8 Å². The number of carbonyl (C=O) groups excluding carboxylic acids is 2. The van der Waals surface area contributed by atoms with E-state index in [0.29, 0.717) is 23.1 Å². The summed E-state index contributed by atoms with van der Waals surface area (Å²) in [6.45, 7) is 3.09. The summed E-state index contributed by atoms with van der Waals surface area (Å²) in [5, 5.41) is 9.23. The summed E-state index contributed by atoms with van der Waals surface area (Å²) in [5.74, 6) is -0.224. The second-order valence-corrected chi connectivity index (χ2v) is 8.76. The van der Waals surface area contributed by atoms with Crippen LogP contribution in [-0.2, 0) is 11.3 Å². The van der Waals surface area contributed by atoms with Gasteiger partial charge >= 0.3 is 5.97 Å². The highest BCUT2D eigenvalue weighted by Crippen LogP contribution is 2.34. The molecule has 1 atom stereocenters. The van der Waals surface area contributed by atoms with Crippen LogP contribution in [0.25, 0.3) is 0 Å². The maximum atomic E-state index is 13.6. The summed E-state index contributed by atoms with van der Waals surface area (Å²) in [6, 6.07) is 12.8. The van der Waals surface area contributed by atoms with Gasteiger partial charge in [-0.1, -0.05) is 46.6 Å². The van der Waals surface area contributed by atoms with Gasteiger partial charge in [-0.3, -0.25) is 4.79 Å². The van der Waals surface area contributed by atoms with Crippen molar-refractivity contribution in [3.05, 3.63) is 75.0 Å². The Morgan fingerprint density at radius 3 is 2.59 bits per heavy atom. The van der Waals surface area contributed by atoms with Gasteiger partial charge in [0.15, 0.2) is 5.69 Å². The SMILES string of the molecule is CCOC(=O)c1nnn(Cc2ccc(OC)cc2)c1C(=O)N1CCC(c2ccc(Cl)cc2Cl)C1. The van der Waals surface area contributed by atoms with Crippen LogP contribution in [0.15, 0.2) is 42.5 Å². The van der Waals surface area contributed by atoms with Crippen LogP contribution in [0.2, 0.25) is 10.0 Å². The smallest absolute Gasteiger partial charge is 0.361 e. The fourth-order valence-electron chi connectivity index (χ4n) is 4.06. The van der Waals surface area contributed by atoms with Crippen LogP contribution in [0.3, 0.4) is 0 Å². The third kappa shape index (κ3) is 5.03. The topological polar surface area (TPSA) is 86.5 Å². The highest BCUT2D eigenvalue weighted by Gasteiger charge is 2.34. The Bertz CT molecular complexity index is 1200. The number of rotatable bonds is 7. The van der Waals surface area contributed by atoms with E-state index in [-0.39, 0.29) is 36.4 Å². The number of benzene rings is 2. The van der Waals surface area contributed by atoms with Crippen molar-refractivity contribution in [1.82, 2.24) is 19.9 Å². The van der Waals surface area contributed by atoms with Gasteiger partial charge in [0.2, 0.25) is 5.69 Å². The molecule has 1 amide bonds. The molecule has 1 aromatic heterocycles. The molecule has 2 heterocycles. The van der Waals surface area contributed by atoms with E-state index in [1.807, 2.05) is 30.3 Å². The van der Waals surface area contributed by atoms with Crippen molar-refractivity contribution in [1.29, 1.82) is 0 Å². The summed E-state index contributed by atoms with van der Waals surface area (Å²) < 4.78 is 11.8. The molecule has 1 aliphatic heterocycles. The predicted molar refractivity (Wildman–Crippen MR) is 128 cm³/mol. The van der Waals surface area contributed by atoms with Gasteiger partial charge < -0.3 is 14.4 Å². The molecule has 1 aliphatic rings. The van der Waals surface area contributed by atoms with E-state index in [4.69, 9.17) is 32.7 Å². The third-order valence-corrected chi connectivity index (χ3v) is 6.34. The molecule has 0 spiro atoms. The van der Waals surface area contributed by atoms with E-state index < -0.39 is 5.97 Å². The molecule has 1 fully saturated rings. The van der Waals surface area contributed by atoms with Crippen LogP contribution in [0.1, 0.15) is 51.4 Å². The number of methoxy groups -OCH3 is 1. The molecule has 3 aromatic rings. The van der Waals surface area contributed by atoms with Gasteiger partial charge in [-0.15, -0.1) is 5.10 Å². The Labute approximate surface area is 207 Å². The Hall–Kier alpha value is -3.10. The average Bonchev–Trinajstić information content (AvgIpc) is 3.47. The monoisotopic (exact) mass is 502 g/mol. The van der Waals surface area contributed by atoms with Crippen molar-refractivity contribution in [3.63, 3.8) is 0 Å². The van der Waals surface area contributed by atoms with Crippen LogP contribution < -0.4 is 4.74 Å².